The molecule has 13 heteroatoms. The molecular weight excluding hydrogens is 618 g/mol. The van der Waals surface area contributed by atoms with Gasteiger partial charge in [-0.15, -0.1) is 0 Å². The molecule has 10 nitrogen and oxygen atoms in total. The number of rotatable bonds is 4. The van der Waals surface area contributed by atoms with E-state index >= 15 is 8.78 Å². The van der Waals surface area contributed by atoms with E-state index in [1.807, 2.05) is 13.8 Å². The monoisotopic (exact) mass is 648 g/mol. The molecule has 2 aromatic heterocycles. The Morgan fingerprint density at radius 1 is 1.15 bits per heavy atom. The van der Waals surface area contributed by atoms with Gasteiger partial charge in [0.15, 0.2) is 5.82 Å². The average molecular weight is 649 g/mol. The van der Waals surface area contributed by atoms with E-state index in [1.165, 1.54) is 29.0 Å². The normalized spacial score (nSPS) is 17.8. The van der Waals surface area contributed by atoms with E-state index in [1.54, 1.807) is 31.0 Å². The van der Waals surface area contributed by atoms with Gasteiger partial charge in [0.25, 0.3) is 5.91 Å². The third kappa shape index (κ3) is 4.45. The topological polar surface area (TPSA) is 112 Å². The SMILES string of the molecule is C=CC(=O)N1CC2C(=O)N(C)c3c(Cl)c(-c4c(O)cccc4F)c(F)c4c3c(nc(=O)n4-c3c(C)ccnc3C(C)C)N2CC1C. The van der Waals surface area contributed by atoms with E-state index in [9.17, 15) is 19.5 Å². The fourth-order valence-electron chi connectivity index (χ4n) is 6.55. The van der Waals surface area contributed by atoms with Gasteiger partial charge in [-0.3, -0.25) is 19.1 Å². The summed E-state index contributed by atoms with van der Waals surface area (Å²) in [7, 11) is 1.43. The van der Waals surface area contributed by atoms with E-state index in [0.29, 0.717) is 11.3 Å². The number of nitrogens with zero attached hydrogens (tertiary/aromatic N) is 6. The zero-order valence-corrected chi connectivity index (χ0v) is 26.6. The van der Waals surface area contributed by atoms with Gasteiger partial charge in [0.1, 0.15) is 28.9 Å². The summed E-state index contributed by atoms with van der Waals surface area (Å²) in [5, 5.41) is 10.5. The molecular formula is C33H31ClF2N6O4. The molecule has 2 aliphatic rings. The summed E-state index contributed by atoms with van der Waals surface area (Å²) >= 11 is 6.95. The minimum Gasteiger partial charge on any atom is -0.507 e. The van der Waals surface area contributed by atoms with Crippen LogP contribution in [0, 0.1) is 18.6 Å². The van der Waals surface area contributed by atoms with Crippen LogP contribution in [0.3, 0.4) is 0 Å². The molecule has 6 rings (SSSR count). The minimum atomic E-state index is -1.10. The van der Waals surface area contributed by atoms with Crippen molar-refractivity contribution in [2.24, 2.45) is 0 Å². The molecule has 2 unspecified atom stereocenters. The summed E-state index contributed by atoms with van der Waals surface area (Å²) in [4.78, 5) is 54.5. The number of aromatic nitrogens is 3. The molecule has 2 aliphatic heterocycles. The van der Waals surface area contributed by atoms with Gasteiger partial charge < -0.3 is 19.8 Å². The summed E-state index contributed by atoms with van der Waals surface area (Å²) in [5.41, 5.74) is -0.945. The Balaban J connectivity index is 1.83. The lowest BCUT2D eigenvalue weighted by Crippen LogP contribution is -2.63. The van der Waals surface area contributed by atoms with Gasteiger partial charge in [-0.2, -0.15) is 4.98 Å². The molecule has 2 aromatic carbocycles. The number of halogens is 3. The van der Waals surface area contributed by atoms with Crippen LogP contribution < -0.4 is 15.5 Å². The van der Waals surface area contributed by atoms with Crippen molar-refractivity contribution in [2.75, 3.05) is 29.9 Å². The highest BCUT2D eigenvalue weighted by Gasteiger charge is 2.45. The van der Waals surface area contributed by atoms with E-state index in [-0.39, 0.29) is 58.0 Å². The number of carbonyl (C=O) groups excluding carboxylic acids is 2. The van der Waals surface area contributed by atoms with Crippen LogP contribution in [-0.4, -0.2) is 68.6 Å². The molecule has 1 N–H and O–H groups in total. The predicted octanol–water partition coefficient (Wildman–Crippen LogP) is 5.08. The summed E-state index contributed by atoms with van der Waals surface area (Å²) < 4.78 is 33.9. The molecule has 1 fully saturated rings. The van der Waals surface area contributed by atoms with Crippen LogP contribution >= 0.6 is 11.6 Å². The van der Waals surface area contributed by atoms with Gasteiger partial charge in [0, 0.05) is 31.4 Å². The molecule has 4 heterocycles. The van der Waals surface area contributed by atoms with E-state index in [2.05, 4.69) is 16.5 Å². The molecule has 238 valence electrons. The Morgan fingerprint density at radius 3 is 2.52 bits per heavy atom. The molecule has 1 saturated heterocycles. The number of pyridine rings is 1. The number of hydrogen-bond donors (Lipinski definition) is 1. The van der Waals surface area contributed by atoms with Gasteiger partial charge in [0.2, 0.25) is 5.91 Å². The molecule has 0 spiro atoms. The molecule has 0 bridgehead atoms. The van der Waals surface area contributed by atoms with Crippen molar-refractivity contribution >= 4 is 45.8 Å². The van der Waals surface area contributed by atoms with E-state index in [4.69, 9.17) is 11.6 Å². The fraction of sp³-hybridized carbons (Fsp3) is 0.303. The predicted molar refractivity (Wildman–Crippen MR) is 172 cm³/mol. The number of piperazine rings is 1. The van der Waals surface area contributed by atoms with E-state index in [0.717, 1.165) is 16.7 Å². The van der Waals surface area contributed by atoms with Gasteiger partial charge in [0.05, 0.1) is 39.6 Å². The number of hydrogen-bond acceptors (Lipinski definition) is 7. The number of phenols is 1. The zero-order valence-electron chi connectivity index (χ0n) is 25.8. The summed E-state index contributed by atoms with van der Waals surface area (Å²) in [5.74, 6) is -3.79. The number of aromatic hydroxyl groups is 1. The summed E-state index contributed by atoms with van der Waals surface area (Å²) in [6.07, 6.45) is 2.74. The molecule has 0 aliphatic carbocycles. The van der Waals surface area contributed by atoms with Crippen molar-refractivity contribution in [3.8, 4) is 22.6 Å². The Labute approximate surface area is 268 Å². The van der Waals surface area contributed by atoms with Gasteiger partial charge >= 0.3 is 5.69 Å². The van der Waals surface area contributed by atoms with Crippen LogP contribution in [0.25, 0.3) is 27.7 Å². The number of amides is 2. The minimum absolute atomic E-state index is 0.00996. The summed E-state index contributed by atoms with van der Waals surface area (Å²) in [6.45, 7) is 10.8. The van der Waals surface area contributed by atoms with Gasteiger partial charge in [-0.05, 0) is 49.6 Å². The quantitative estimate of drug-likeness (QED) is 0.307. The van der Waals surface area contributed by atoms with Crippen molar-refractivity contribution in [1.29, 1.82) is 0 Å². The van der Waals surface area contributed by atoms with E-state index < -0.39 is 52.2 Å². The van der Waals surface area contributed by atoms with Crippen molar-refractivity contribution in [1.82, 2.24) is 19.4 Å². The highest BCUT2D eigenvalue weighted by Crippen LogP contribution is 2.50. The first-order chi connectivity index (χ1) is 21.8. The fourth-order valence-corrected chi connectivity index (χ4v) is 6.95. The lowest BCUT2D eigenvalue weighted by atomic mass is 9.98. The molecule has 2 amide bonds. The van der Waals surface area contributed by atoms with Crippen molar-refractivity contribution in [3.05, 3.63) is 81.5 Å². The zero-order chi connectivity index (χ0) is 33.4. The van der Waals surface area contributed by atoms with Crippen molar-refractivity contribution < 1.29 is 23.5 Å². The van der Waals surface area contributed by atoms with Crippen LogP contribution in [0.1, 0.15) is 37.9 Å². The Kier molecular flexibility index (Phi) is 7.58. The Hall–Kier alpha value is -4.84. The maximum absolute atomic E-state index is 17.4. The number of benzene rings is 2. The number of phenolic OH excluding ortho intramolecular Hbond substituents is 1. The maximum Gasteiger partial charge on any atom is 0.354 e. The van der Waals surface area contributed by atoms with Crippen LogP contribution in [0.5, 0.6) is 5.75 Å². The second-order valence-electron chi connectivity index (χ2n) is 11.9. The third-order valence-corrected chi connectivity index (χ3v) is 9.12. The molecule has 4 aromatic rings. The number of fused-ring (bicyclic) bond motifs is 2. The number of carbonyl (C=O) groups is 2. The maximum atomic E-state index is 17.4. The highest BCUT2D eigenvalue weighted by atomic mass is 35.5. The third-order valence-electron chi connectivity index (χ3n) is 8.75. The van der Waals surface area contributed by atoms with Crippen LogP contribution in [0.2, 0.25) is 5.02 Å². The largest absolute Gasteiger partial charge is 0.507 e. The lowest BCUT2D eigenvalue weighted by Gasteiger charge is -2.44. The van der Waals surface area contributed by atoms with Crippen molar-refractivity contribution in [3.63, 3.8) is 0 Å². The number of aryl methyl sites for hydroxylation is 1. The van der Waals surface area contributed by atoms with Gasteiger partial charge in [-0.1, -0.05) is 38.1 Å². The highest BCUT2D eigenvalue weighted by molar-refractivity contribution is 6.39. The molecule has 0 saturated carbocycles. The molecule has 0 radical (unpaired) electrons. The first-order valence-electron chi connectivity index (χ1n) is 14.7. The number of anilines is 2. The standard InChI is InChI=1S/C33H31ClF2N6O4/c1-7-21(44)40-14-19-32(45)39(6)29-24-30(26(36)23(25(29)34)22-18(35)9-8-10-20(22)43)42(28-16(4)11-12-37-27(28)15(2)3)33(46)38-31(24)41(19)13-17(40)5/h7-12,15,17,19,43H,1,13-14H2,2-6H3. The smallest absolute Gasteiger partial charge is 0.354 e. The molecule has 2 atom stereocenters. The Bertz CT molecular complexity index is 2030. The Morgan fingerprint density at radius 2 is 1.87 bits per heavy atom. The van der Waals surface area contributed by atoms with Gasteiger partial charge in [-0.25, -0.2) is 13.6 Å². The first kappa shape index (κ1) is 31.2. The number of likely N-dealkylation sites (N-methyl/N-ethyl adjacent to an activating group) is 1. The van der Waals surface area contributed by atoms with Crippen LogP contribution in [0.4, 0.5) is 20.3 Å². The lowest BCUT2D eigenvalue weighted by molar-refractivity contribution is -0.130. The average Bonchev–Trinajstić information content (AvgIpc) is 3.09. The molecule has 46 heavy (non-hydrogen) atoms. The summed E-state index contributed by atoms with van der Waals surface area (Å²) in [6, 6.07) is 3.69. The first-order valence-corrected chi connectivity index (χ1v) is 15.1. The van der Waals surface area contributed by atoms with Crippen LogP contribution in [0.15, 0.2) is 47.9 Å². The van der Waals surface area contributed by atoms with Crippen LogP contribution in [-0.2, 0) is 9.59 Å². The van der Waals surface area contributed by atoms with Crippen molar-refractivity contribution in [2.45, 2.75) is 45.7 Å². The second kappa shape index (κ2) is 11.2. The second-order valence-corrected chi connectivity index (χ2v) is 12.3.